The number of fused-ring (bicyclic) bond motifs is 1. The predicted molar refractivity (Wildman–Crippen MR) is 138 cm³/mol. The Morgan fingerprint density at radius 3 is 2.30 bits per heavy atom. The smallest absolute Gasteiger partial charge is 0.326 e. The lowest BCUT2D eigenvalue weighted by Gasteiger charge is -2.33. The average molecular weight is 541 g/mol. The fourth-order valence-corrected chi connectivity index (χ4v) is 4.83. The van der Waals surface area contributed by atoms with Gasteiger partial charge in [-0.1, -0.05) is 59.6 Å². The van der Waals surface area contributed by atoms with Crippen molar-refractivity contribution >= 4 is 52.6 Å². The third-order valence-corrected chi connectivity index (χ3v) is 6.77. The number of carboxylic acids is 1. The van der Waals surface area contributed by atoms with Gasteiger partial charge in [0.05, 0.1) is 22.7 Å². The average Bonchev–Trinajstić information content (AvgIpc) is 2.88. The van der Waals surface area contributed by atoms with Crippen molar-refractivity contribution in [2.75, 3.05) is 18.6 Å². The summed E-state index contributed by atoms with van der Waals surface area (Å²) in [5, 5.41) is 12.4. The molecule has 3 aromatic carbocycles. The second-order valence-electron chi connectivity index (χ2n) is 8.41. The minimum atomic E-state index is -1.25. The van der Waals surface area contributed by atoms with E-state index in [1.807, 2.05) is 0 Å². The highest BCUT2D eigenvalue weighted by atomic mass is 35.5. The number of hydrogen-bond donors (Lipinski definition) is 2. The molecule has 0 saturated heterocycles. The summed E-state index contributed by atoms with van der Waals surface area (Å²) in [6, 6.07) is 16.9. The molecule has 8 nitrogen and oxygen atoms in total. The van der Waals surface area contributed by atoms with E-state index in [-0.39, 0.29) is 34.5 Å². The predicted octanol–water partition coefficient (Wildman–Crippen LogP) is 4.34. The third-order valence-electron chi connectivity index (χ3n) is 6.14. The van der Waals surface area contributed by atoms with E-state index in [2.05, 4.69) is 5.32 Å². The van der Waals surface area contributed by atoms with Gasteiger partial charge in [-0.15, -0.1) is 0 Å². The van der Waals surface area contributed by atoms with Gasteiger partial charge in [0, 0.05) is 24.2 Å². The first kappa shape index (κ1) is 26.2. The number of hydrogen-bond acceptors (Lipinski definition) is 5. The minimum Gasteiger partial charge on any atom is -0.480 e. The molecule has 190 valence electrons. The molecule has 10 heteroatoms. The van der Waals surface area contributed by atoms with Gasteiger partial charge in [-0.2, -0.15) is 0 Å². The Bertz CT molecular complexity index is 1360. The summed E-state index contributed by atoms with van der Waals surface area (Å²) in [4.78, 5) is 51.6. The molecule has 0 radical (unpaired) electrons. The zero-order valence-electron chi connectivity index (χ0n) is 19.6. The first-order valence-corrected chi connectivity index (χ1v) is 12.0. The molecule has 0 aromatic heterocycles. The van der Waals surface area contributed by atoms with Gasteiger partial charge in [0.1, 0.15) is 12.0 Å². The lowest BCUT2D eigenvalue weighted by molar-refractivity contribution is -0.142. The monoisotopic (exact) mass is 540 g/mol. The summed E-state index contributed by atoms with van der Waals surface area (Å²) in [5.74, 6) is -3.27. The maximum absolute atomic E-state index is 13.2. The van der Waals surface area contributed by atoms with Gasteiger partial charge >= 0.3 is 11.9 Å². The molecule has 3 aromatic rings. The van der Waals surface area contributed by atoms with Crippen molar-refractivity contribution in [1.29, 1.82) is 0 Å². The Morgan fingerprint density at radius 2 is 1.68 bits per heavy atom. The Hall–Kier alpha value is -3.88. The minimum absolute atomic E-state index is 0.00326. The van der Waals surface area contributed by atoms with Crippen molar-refractivity contribution in [1.82, 2.24) is 5.32 Å². The number of nitrogens with zero attached hydrogens (tertiary/aromatic N) is 1. The van der Waals surface area contributed by atoms with E-state index in [0.717, 1.165) is 0 Å². The van der Waals surface area contributed by atoms with Crippen LogP contribution in [0.1, 0.15) is 37.8 Å². The zero-order valence-corrected chi connectivity index (χ0v) is 21.1. The van der Waals surface area contributed by atoms with E-state index in [4.69, 9.17) is 27.9 Å². The molecular weight excluding hydrogens is 519 g/mol. The summed E-state index contributed by atoms with van der Waals surface area (Å²) < 4.78 is 4.95. The van der Waals surface area contributed by atoms with Crippen LogP contribution < -0.4 is 10.2 Å². The highest BCUT2D eigenvalue weighted by Crippen LogP contribution is 2.32. The fourth-order valence-electron chi connectivity index (χ4n) is 4.26. The molecule has 0 saturated carbocycles. The standard InChI is InChI=1S/C27H22Cl2N2O6/c1-37-27(36)19-14-31(25(33)18-6-3-2-5-17(18)19)16-11-9-15(10-12-16)13-22(26(34)35)30-24(32)23-20(28)7-4-8-21(23)29/h2-12,19,22H,13-14H2,1H3,(H,30,32)(H,34,35)/t19?,22-/m0/s1. The molecule has 1 heterocycles. The Kier molecular flexibility index (Phi) is 7.80. The van der Waals surface area contributed by atoms with Crippen molar-refractivity contribution in [2.45, 2.75) is 18.4 Å². The molecule has 0 bridgehead atoms. The van der Waals surface area contributed by atoms with Gasteiger partial charge < -0.3 is 20.1 Å². The van der Waals surface area contributed by atoms with Crippen LogP contribution in [0.15, 0.2) is 66.7 Å². The quantitative estimate of drug-likeness (QED) is 0.431. The second-order valence-corrected chi connectivity index (χ2v) is 9.22. The number of benzene rings is 3. The Balaban J connectivity index is 1.53. The number of esters is 1. The maximum Gasteiger partial charge on any atom is 0.326 e. The number of amides is 2. The molecule has 4 rings (SSSR count). The van der Waals surface area contributed by atoms with E-state index in [0.29, 0.717) is 22.4 Å². The summed E-state index contributed by atoms with van der Waals surface area (Å²) in [7, 11) is 1.30. The number of carbonyl (C=O) groups excluding carboxylic acids is 3. The number of aliphatic carboxylic acids is 1. The Labute approximate surface area is 222 Å². The van der Waals surface area contributed by atoms with E-state index in [1.54, 1.807) is 54.6 Å². The van der Waals surface area contributed by atoms with Crippen LogP contribution in [0.2, 0.25) is 10.0 Å². The number of carboxylic acid groups (broad SMARTS) is 1. The van der Waals surface area contributed by atoms with E-state index in [1.165, 1.54) is 24.1 Å². The molecule has 37 heavy (non-hydrogen) atoms. The van der Waals surface area contributed by atoms with E-state index in [9.17, 15) is 24.3 Å². The van der Waals surface area contributed by atoms with Crippen LogP contribution in [-0.4, -0.2) is 48.6 Å². The van der Waals surface area contributed by atoms with E-state index >= 15 is 0 Å². The normalized spacial score (nSPS) is 15.5. The second kappa shape index (κ2) is 11.0. The molecule has 2 N–H and O–H groups in total. The van der Waals surface area contributed by atoms with Crippen LogP contribution in [-0.2, 0) is 20.7 Å². The number of carbonyl (C=O) groups is 4. The number of methoxy groups -OCH3 is 1. The molecule has 1 aliphatic rings. The maximum atomic E-state index is 13.2. The number of anilines is 1. The van der Waals surface area contributed by atoms with Gasteiger partial charge in [-0.3, -0.25) is 14.4 Å². The van der Waals surface area contributed by atoms with Gasteiger partial charge in [-0.05, 0) is 41.5 Å². The SMILES string of the molecule is COC(=O)C1CN(c2ccc(C[C@H](NC(=O)c3c(Cl)cccc3Cl)C(=O)O)cc2)C(=O)c2ccccc21. The van der Waals surface area contributed by atoms with Crippen LogP contribution in [0.4, 0.5) is 5.69 Å². The van der Waals surface area contributed by atoms with Gasteiger partial charge in [0.25, 0.3) is 11.8 Å². The van der Waals surface area contributed by atoms with Crippen molar-refractivity contribution in [3.05, 3.63) is 99.0 Å². The van der Waals surface area contributed by atoms with Crippen molar-refractivity contribution in [3.8, 4) is 0 Å². The third kappa shape index (κ3) is 5.45. The van der Waals surface area contributed by atoms with Crippen molar-refractivity contribution < 1.29 is 29.0 Å². The van der Waals surface area contributed by atoms with Crippen LogP contribution in [0.25, 0.3) is 0 Å². The van der Waals surface area contributed by atoms with Gasteiger partial charge in [0.15, 0.2) is 0 Å². The van der Waals surface area contributed by atoms with Crippen LogP contribution in [0.3, 0.4) is 0 Å². The summed E-state index contributed by atoms with van der Waals surface area (Å²) in [6.07, 6.45) is -0.0228. The molecule has 0 fully saturated rings. The molecular formula is C27H22Cl2N2O6. The molecule has 0 spiro atoms. The highest BCUT2D eigenvalue weighted by molar-refractivity contribution is 6.39. The molecule has 2 atom stereocenters. The van der Waals surface area contributed by atoms with E-state index < -0.39 is 29.8 Å². The fraction of sp³-hybridized carbons (Fsp3) is 0.185. The number of ether oxygens (including phenoxy) is 1. The number of rotatable bonds is 7. The molecule has 2 amide bonds. The molecule has 1 aliphatic heterocycles. The molecule has 1 unspecified atom stereocenters. The lowest BCUT2D eigenvalue weighted by Crippen LogP contribution is -2.43. The zero-order chi connectivity index (χ0) is 26.7. The summed E-state index contributed by atoms with van der Waals surface area (Å²) >= 11 is 12.1. The lowest BCUT2D eigenvalue weighted by atomic mass is 9.89. The number of halogens is 2. The molecule has 0 aliphatic carbocycles. The van der Waals surface area contributed by atoms with Crippen LogP contribution in [0, 0.1) is 0 Å². The van der Waals surface area contributed by atoms with Gasteiger partial charge in [-0.25, -0.2) is 4.79 Å². The first-order valence-electron chi connectivity index (χ1n) is 11.3. The largest absolute Gasteiger partial charge is 0.480 e. The highest BCUT2D eigenvalue weighted by Gasteiger charge is 2.36. The summed E-state index contributed by atoms with van der Waals surface area (Å²) in [5.41, 5.74) is 2.18. The Morgan fingerprint density at radius 1 is 1.03 bits per heavy atom. The topological polar surface area (TPSA) is 113 Å². The van der Waals surface area contributed by atoms with Crippen LogP contribution in [0.5, 0.6) is 0 Å². The summed E-state index contributed by atoms with van der Waals surface area (Å²) in [6.45, 7) is 0.105. The number of nitrogens with one attached hydrogen (secondary N) is 1. The van der Waals surface area contributed by atoms with Crippen molar-refractivity contribution in [3.63, 3.8) is 0 Å². The van der Waals surface area contributed by atoms with Crippen molar-refractivity contribution in [2.24, 2.45) is 0 Å². The first-order chi connectivity index (χ1) is 17.7. The van der Waals surface area contributed by atoms with Gasteiger partial charge in [0.2, 0.25) is 0 Å². The van der Waals surface area contributed by atoms with Crippen LogP contribution >= 0.6 is 23.2 Å².